The maximum Gasteiger partial charge on any atom is 0.358 e. The predicted octanol–water partition coefficient (Wildman–Crippen LogP) is 3.03. The Morgan fingerprint density at radius 3 is 2.90 bits per heavy atom. The number of ether oxygens (including phenoxy) is 2. The molecule has 0 saturated heterocycles. The molecule has 1 unspecified atom stereocenters. The number of hydrogen-bond donors (Lipinski definition) is 1. The molecule has 1 aromatic heterocycles. The summed E-state index contributed by atoms with van der Waals surface area (Å²) in [6, 6.07) is 2.99. The van der Waals surface area contributed by atoms with E-state index in [4.69, 9.17) is 30.7 Å². The molecule has 1 N–H and O–H groups in total. The van der Waals surface area contributed by atoms with Crippen molar-refractivity contribution in [1.29, 1.82) is 0 Å². The second kappa shape index (κ2) is 4.96. The van der Waals surface area contributed by atoms with Gasteiger partial charge in [0.25, 0.3) is 0 Å². The Kier molecular flexibility index (Phi) is 3.25. The highest BCUT2D eigenvalue weighted by Crippen LogP contribution is 2.46. The van der Waals surface area contributed by atoms with Crippen LogP contribution in [0.25, 0.3) is 11.3 Å². The van der Waals surface area contributed by atoms with Crippen LogP contribution < -0.4 is 9.47 Å². The van der Waals surface area contributed by atoms with Gasteiger partial charge in [-0.2, -0.15) is 0 Å². The van der Waals surface area contributed by atoms with E-state index in [0.717, 1.165) is 5.56 Å². The molecular weight excluding hydrogens is 298 g/mol. The van der Waals surface area contributed by atoms with E-state index in [0.29, 0.717) is 28.5 Å². The van der Waals surface area contributed by atoms with E-state index < -0.39 is 5.97 Å². The van der Waals surface area contributed by atoms with Crippen LogP contribution in [0.15, 0.2) is 16.7 Å². The minimum atomic E-state index is -1.16. The summed E-state index contributed by atoms with van der Waals surface area (Å²) in [5.41, 5.74) is 1.18. The van der Waals surface area contributed by atoms with Gasteiger partial charge in [0.1, 0.15) is 6.10 Å². The summed E-state index contributed by atoms with van der Waals surface area (Å²) in [6.07, 6.45) is 0.657. The fourth-order valence-corrected chi connectivity index (χ4v) is 2.66. The first-order chi connectivity index (χ1) is 10.0. The van der Waals surface area contributed by atoms with Gasteiger partial charge in [-0.1, -0.05) is 16.8 Å². The Labute approximate surface area is 125 Å². The van der Waals surface area contributed by atoms with Crippen molar-refractivity contribution in [2.75, 3.05) is 7.11 Å². The van der Waals surface area contributed by atoms with Crippen LogP contribution in [0.4, 0.5) is 0 Å². The van der Waals surface area contributed by atoms with E-state index in [1.807, 2.05) is 6.92 Å². The quantitative estimate of drug-likeness (QED) is 0.938. The summed E-state index contributed by atoms with van der Waals surface area (Å²) in [6.45, 7) is 1.94. The van der Waals surface area contributed by atoms with Crippen LogP contribution in [0.3, 0.4) is 0 Å². The van der Waals surface area contributed by atoms with Gasteiger partial charge in [-0.3, -0.25) is 0 Å². The zero-order chi connectivity index (χ0) is 15.1. The number of aromatic carboxylic acids is 1. The maximum atomic E-state index is 10.9. The van der Waals surface area contributed by atoms with Crippen LogP contribution in [0.5, 0.6) is 11.5 Å². The highest BCUT2D eigenvalue weighted by atomic mass is 35.5. The molecule has 2 aromatic rings. The largest absolute Gasteiger partial charge is 0.493 e. The highest BCUT2D eigenvalue weighted by Gasteiger charge is 2.29. The molecule has 3 rings (SSSR count). The summed E-state index contributed by atoms with van der Waals surface area (Å²) >= 11 is 6.40. The molecule has 0 radical (unpaired) electrons. The van der Waals surface area contributed by atoms with Crippen molar-refractivity contribution in [1.82, 2.24) is 5.16 Å². The van der Waals surface area contributed by atoms with Crippen molar-refractivity contribution in [3.05, 3.63) is 28.4 Å². The molecule has 0 spiro atoms. The lowest BCUT2D eigenvalue weighted by atomic mass is 10.0. The summed E-state index contributed by atoms with van der Waals surface area (Å²) in [5, 5.41) is 12.9. The number of aromatic nitrogens is 1. The number of methoxy groups -OCH3 is 1. The summed E-state index contributed by atoms with van der Waals surface area (Å²) in [7, 11) is 1.53. The van der Waals surface area contributed by atoms with Crippen molar-refractivity contribution in [3.8, 4) is 22.8 Å². The number of carboxylic acids is 1. The molecular formula is C14H12ClNO5. The van der Waals surface area contributed by atoms with E-state index in [1.165, 1.54) is 13.2 Å². The molecule has 2 heterocycles. The van der Waals surface area contributed by atoms with Gasteiger partial charge >= 0.3 is 5.97 Å². The third kappa shape index (κ3) is 2.21. The van der Waals surface area contributed by atoms with Gasteiger partial charge in [0, 0.05) is 23.6 Å². The molecule has 0 fully saturated rings. The summed E-state index contributed by atoms with van der Waals surface area (Å²) in [4.78, 5) is 10.9. The standard InChI is InChI=1S/C14H12ClNO5/c1-6-3-8-12(15)7(4-11(19-2)13(8)20-6)10-5-9(14(17)18)16-21-10/h4-6H,3H2,1-2H3,(H,17,18). The average Bonchev–Trinajstić information content (AvgIpc) is 3.06. The number of halogens is 1. The van der Waals surface area contributed by atoms with E-state index in [2.05, 4.69) is 5.16 Å². The van der Waals surface area contributed by atoms with E-state index in [9.17, 15) is 4.79 Å². The van der Waals surface area contributed by atoms with Gasteiger partial charge in [0.05, 0.1) is 12.1 Å². The van der Waals surface area contributed by atoms with Crippen molar-refractivity contribution >= 4 is 17.6 Å². The van der Waals surface area contributed by atoms with Crippen LogP contribution in [0.1, 0.15) is 23.0 Å². The predicted molar refractivity (Wildman–Crippen MR) is 74.3 cm³/mol. The Morgan fingerprint density at radius 2 is 2.29 bits per heavy atom. The fraction of sp³-hybridized carbons (Fsp3) is 0.286. The molecule has 110 valence electrons. The molecule has 0 aliphatic carbocycles. The second-order valence-corrected chi connectivity index (χ2v) is 5.14. The maximum absolute atomic E-state index is 10.9. The lowest BCUT2D eigenvalue weighted by Gasteiger charge is -2.11. The van der Waals surface area contributed by atoms with E-state index >= 15 is 0 Å². The fourth-order valence-electron chi connectivity index (χ4n) is 2.35. The number of benzene rings is 1. The zero-order valence-electron chi connectivity index (χ0n) is 11.3. The monoisotopic (exact) mass is 309 g/mol. The molecule has 0 amide bonds. The molecule has 7 heteroatoms. The molecule has 1 atom stereocenters. The minimum Gasteiger partial charge on any atom is -0.493 e. The van der Waals surface area contributed by atoms with Crippen LogP contribution >= 0.6 is 11.6 Å². The summed E-state index contributed by atoms with van der Waals surface area (Å²) in [5.74, 6) is 0.267. The average molecular weight is 310 g/mol. The molecule has 1 aliphatic heterocycles. The van der Waals surface area contributed by atoms with Crippen LogP contribution in [0, 0.1) is 0 Å². The second-order valence-electron chi connectivity index (χ2n) is 4.76. The number of fused-ring (bicyclic) bond motifs is 1. The first-order valence-electron chi connectivity index (χ1n) is 6.27. The van der Waals surface area contributed by atoms with Crippen LogP contribution in [-0.4, -0.2) is 29.4 Å². The molecule has 0 bridgehead atoms. The SMILES string of the molecule is COc1cc(-c2cc(C(=O)O)no2)c(Cl)c2c1OC(C)C2. The summed E-state index contributed by atoms with van der Waals surface area (Å²) < 4.78 is 16.1. The molecule has 1 aliphatic rings. The van der Waals surface area contributed by atoms with Gasteiger partial charge in [0.15, 0.2) is 23.0 Å². The Bertz CT molecular complexity index is 724. The Hall–Kier alpha value is -2.21. The van der Waals surface area contributed by atoms with Gasteiger partial charge in [-0.05, 0) is 13.0 Å². The molecule has 1 aromatic carbocycles. The first kappa shape index (κ1) is 13.8. The van der Waals surface area contributed by atoms with Crippen molar-refractivity contribution < 1.29 is 23.9 Å². The van der Waals surface area contributed by atoms with Gasteiger partial charge in [0.2, 0.25) is 0 Å². The molecule has 0 saturated carbocycles. The zero-order valence-corrected chi connectivity index (χ0v) is 12.1. The van der Waals surface area contributed by atoms with Crippen LogP contribution in [0.2, 0.25) is 5.02 Å². The van der Waals surface area contributed by atoms with E-state index in [-0.39, 0.29) is 17.6 Å². The van der Waals surface area contributed by atoms with Crippen molar-refractivity contribution in [2.24, 2.45) is 0 Å². The van der Waals surface area contributed by atoms with Gasteiger partial charge in [-0.15, -0.1) is 0 Å². The van der Waals surface area contributed by atoms with E-state index in [1.54, 1.807) is 6.07 Å². The third-order valence-electron chi connectivity index (χ3n) is 3.30. The van der Waals surface area contributed by atoms with Crippen molar-refractivity contribution in [2.45, 2.75) is 19.4 Å². The third-order valence-corrected chi connectivity index (χ3v) is 3.73. The smallest absolute Gasteiger partial charge is 0.358 e. The lowest BCUT2D eigenvalue weighted by molar-refractivity contribution is 0.0686. The van der Waals surface area contributed by atoms with Gasteiger partial charge in [-0.25, -0.2) is 4.79 Å². The normalized spacial score (nSPS) is 16.4. The molecule has 6 nitrogen and oxygen atoms in total. The minimum absolute atomic E-state index is 0.00552. The first-order valence-corrected chi connectivity index (χ1v) is 6.65. The van der Waals surface area contributed by atoms with Crippen LogP contribution in [-0.2, 0) is 6.42 Å². The Balaban J connectivity index is 2.15. The lowest BCUT2D eigenvalue weighted by Crippen LogP contribution is -2.05. The number of rotatable bonds is 3. The number of carbonyl (C=O) groups is 1. The molecule has 21 heavy (non-hydrogen) atoms. The Morgan fingerprint density at radius 1 is 1.52 bits per heavy atom. The number of hydrogen-bond acceptors (Lipinski definition) is 5. The number of carboxylic acid groups (broad SMARTS) is 1. The van der Waals surface area contributed by atoms with Gasteiger partial charge < -0.3 is 19.1 Å². The highest BCUT2D eigenvalue weighted by molar-refractivity contribution is 6.34. The van der Waals surface area contributed by atoms with Crippen molar-refractivity contribution in [3.63, 3.8) is 0 Å². The topological polar surface area (TPSA) is 81.8 Å². The number of nitrogens with zero attached hydrogens (tertiary/aromatic N) is 1.